The smallest absolute Gasteiger partial charge is 0.0329 e. The molecule has 2 nitrogen and oxygen atoms in total. The van der Waals surface area contributed by atoms with E-state index < -0.39 is 0 Å². The van der Waals surface area contributed by atoms with Crippen molar-refractivity contribution in [2.45, 2.75) is 26.4 Å². The molecule has 0 amide bonds. The van der Waals surface area contributed by atoms with Crippen LogP contribution in [0.25, 0.3) is 0 Å². The van der Waals surface area contributed by atoms with Crippen LogP contribution in [-0.2, 0) is 6.54 Å². The Labute approximate surface area is 110 Å². The third kappa shape index (κ3) is 3.29. The minimum Gasteiger partial charge on any atom is -0.298 e. The molecule has 0 aromatic carbocycles. The number of hydrogen-bond acceptors (Lipinski definition) is 3. The van der Waals surface area contributed by atoms with E-state index >= 15 is 0 Å². The van der Waals surface area contributed by atoms with Gasteiger partial charge >= 0.3 is 0 Å². The van der Waals surface area contributed by atoms with Crippen molar-refractivity contribution in [3.63, 3.8) is 0 Å². The van der Waals surface area contributed by atoms with Gasteiger partial charge in [0.25, 0.3) is 0 Å². The van der Waals surface area contributed by atoms with E-state index in [2.05, 4.69) is 51.0 Å². The Morgan fingerprint density at radius 2 is 2.00 bits per heavy atom. The lowest BCUT2D eigenvalue weighted by atomic mass is 10.2. The molecule has 90 valence electrons. The topological polar surface area (TPSA) is 6.48 Å². The molecule has 0 radical (unpaired) electrons. The Morgan fingerprint density at radius 3 is 2.50 bits per heavy atom. The number of thiophene rings is 1. The predicted octanol–water partition coefficient (Wildman–Crippen LogP) is 3.04. The average molecular weight is 303 g/mol. The van der Waals surface area contributed by atoms with E-state index in [9.17, 15) is 0 Å². The summed E-state index contributed by atoms with van der Waals surface area (Å²) < 4.78 is 1.22. The summed E-state index contributed by atoms with van der Waals surface area (Å²) in [7, 11) is 0. The highest BCUT2D eigenvalue weighted by Gasteiger charge is 2.18. The molecule has 4 heteroatoms. The molecule has 0 atom stereocenters. The summed E-state index contributed by atoms with van der Waals surface area (Å²) in [5.74, 6) is 0. The maximum atomic E-state index is 3.51. The molecule has 1 aliphatic heterocycles. The van der Waals surface area contributed by atoms with Crippen LogP contribution in [0, 0.1) is 0 Å². The van der Waals surface area contributed by atoms with Crippen LogP contribution in [0.2, 0.25) is 0 Å². The molecule has 2 rings (SSSR count). The lowest BCUT2D eigenvalue weighted by Crippen LogP contribution is -2.48. The van der Waals surface area contributed by atoms with Crippen LogP contribution in [0.5, 0.6) is 0 Å². The summed E-state index contributed by atoms with van der Waals surface area (Å²) in [6.07, 6.45) is 0. The Kier molecular flexibility index (Phi) is 4.41. The molecule has 0 aliphatic carbocycles. The molecule has 1 saturated heterocycles. The van der Waals surface area contributed by atoms with Gasteiger partial charge in [0.2, 0.25) is 0 Å². The number of hydrogen-bond donors (Lipinski definition) is 0. The summed E-state index contributed by atoms with van der Waals surface area (Å²) in [5.41, 5.74) is 0. The summed E-state index contributed by atoms with van der Waals surface area (Å²) in [4.78, 5) is 6.57. The van der Waals surface area contributed by atoms with E-state index in [1.165, 1.54) is 35.5 Å². The molecule has 16 heavy (non-hydrogen) atoms. The average Bonchev–Trinajstić information content (AvgIpc) is 2.65. The van der Waals surface area contributed by atoms with Crippen molar-refractivity contribution in [3.05, 3.63) is 20.8 Å². The van der Waals surface area contributed by atoms with Crippen LogP contribution in [0.4, 0.5) is 0 Å². The Hall–Kier alpha value is 0.1000. The largest absolute Gasteiger partial charge is 0.298 e. The Balaban J connectivity index is 1.81. The van der Waals surface area contributed by atoms with Gasteiger partial charge in [-0.2, -0.15) is 0 Å². The highest BCUT2D eigenvalue weighted by molar-refractivity contribution is 9.10. The lowest BCUT2D eigenvalue weighted by molar-refractivity contribution is 0.105. The highest BCUT2D eigenvalue weighted by Crippen LogP contribution is 2.21. The van der Waals surface area contributed by atoms with Crippen LogP contribution < -0.4 is 0 Å². The Morgan fingerprint density at radius 1 is 1.31 bits per heavy atom. The van der Waals surface area contributed by atoms with Crippen LogP contribution in [0.1, 0.15) is 18.7 Å². The van der Waals surface area contributed by atoms with E-state index in [4.69, 9.17) is 0 Å². The second kappa shape index (κ2) is 5.63. The zero-order valence-corrected chi connectivity index (χ0v) is 12.4. The predicted molar refractivity (Wildman–Crippen MR) is 74.0 cm³/mol. The standard InChI is InChI=1S/C12H19BrN2S/c1-10(2)15-5-3-14(4-6-15)8-12-7-11(13)9-16-12/h7,9-10H,3-6,8H2,1-2H3. The molecule has 0 spiro atoms. The van der Waals surface area contributed by atoms with E-state index in [0.717, 1.165) is 6.54 Å². The molecular formula is C12H19BrN2S. The van der Waals surface area contributed by atoms with Crippen LogP contribution in [0.3, 0.4) is 0 Å². The number of rotatable bonds is 3. The van der Waals surface area contributed by atoms with Gasteiger partial charge in [-0.05, 0) is 35.8 Å². The van der Waals surface area contributed by atoms with Crippen LogP contribution in [-0.4, -0.2) is 42.0 Å². The first-order chi connectivity index (χ1) is 7.65. The summed E-state index contributed by atoms with van der Waals surface area (Å²) in [5, 5.41) is 2.17. The fourth-order valence-corrected chi connectivity index (χ4v) is 3.59. The highest BCUT2D eigenvalue weighted by atomic mass is 79.9. The minimum absolute atomic E-state index is 0.693. The van der Waals surface area contributed by atoms with Gasteiger partial charge in [0.15, 0.2) is 0 Å². The minimum atomic E-state index is 0.693. The van der Waals surface area contributed by atoms with E-state index in [1.54, 1.807) is 0 Å². The first-order valence-electron chi connectivity index (χ1n) is 5.84. The summed E-state index contributed by atoms with van der Waals surface area (Å²) in [6, 6.07) is 2.93. The third-order valence-electron chi connectivity index (χ3n) is 3.14. The maximum Gasteiger partial charge on any atom is 0.0329 e. The molecule has 1 aromatic rings. The number of piperazine rings is 1. The van der Waals surface area contributed by atoms with Gasteiger partial charge in [-0.1, -0.05) is 0 Å². The van der Waals surface area contributed by atoms with Crippen molar-refractivity contribution in [3.8, 4) is 0 Å². The molecule has 1 aromatic heterocycles. The van der Waals surface area contributed by atoms with Gasteiger partial charge in [0.1, 0.15) is 0 Å². The summed E-state index contributed by atoms with van der Waals surface area (Å²) >= 11 is 5.36. The van der Waals surface area contributed by atoms with Crippen molar-refractivity contribution in [2.75, 3.05) is 26.2 Å². The molecule has 1 fully saturated rings. The molecule has 0 unspecified atom stereocenters. The normalized spacial score (nSPS) is 19.5. The molecule has 0 N–H and O–H groups in total. The molecule has 2 heterocycles. The van der Waals surface area contributed by atoms with Crippen molar-refractivity contribution < 1.29 is 0 Å². The lowest BCUT2D eigenvalue weighted by Gasteiger charge is -2.36. The first-order valence-corrected chi connectivity index (χ1v) is 7.52. The van der Waals surface area contributed by atoms with E-state index in [-0.39, 0.29) is 0 Å². The van der Waals surface area contributed by atoms with Crippen LogP contribution >= 0.6 is 27.3 Å². The SMILES string of the molecule is CC(C)N1CCN(Cc2cc(Br)cs2)CC1. The molecular weight excluding hydrogens is 284 g/mol. The van der Waals surface area contributed by atoms with Crippen molar-refractivity contribution in [1.29, 1.82) is 0 Å². The van der Waals surface area contributed by atoms with Crippen molar-refractivity contribution >= 4 is 27.3 Å². The second-order valence-corrected chi connectivity index (χ2v) is 6.55. The van der Waals surface area contributed by atoms with Gasteiger partial charge < -0.3 is 0 Å². The van der Waals surface area contributed by atoms with E-state index in [0.29, 0.717) is 6.04 Å². The molecule has 0 saturated carbocycles. The van der Waals surface area contributed by atoms with Gasteiger partial charge in [-0.15, -0.1) is 11.3 Å². The first kappa shape index (κ1) is 12.6. The Bertz CT molecular complexity index is 330. The van der Waals surface area contributed by atoms with Gasteiger partial charge in [0.05, 0.1) is 0 Å². The van der Waals surface area contributed by atoms with Gasteiger partial charge in [0, 0.05) is 53.5 Å². The second-order valence-electron chi connectivity index (χ2n) is 4.64. The fourth-order valence-electron chi connectivity index (χ4n) is 2.09. The molecule has 1 aliphatic rings. The number of nitrogens with zero attached hydrogens (tertiary/aromatic N) is 2. The van der Waals surface area contributed by atoms with E-state index in [1.807, 2.05) is 11.3 Å². The van der Waals surface area contributed by atoms with Gasteiger partial charge in [-0.3, -0.25) is 9.80 Å². The fraction of sp³-hybridized carbons (Fsp3) is 0.667. The quantitative estimate of drug-likeness (QED) is 0.847. The zero-order chi connectivity index (χ0) is 11.5. The van der Waals surface area contributed by atoms with Crippen molar-refractivity contribution in [1.82, 2.24) is 9.80 Å². The summed E-state index contributed by atoms with van der Waals surface area (Å²) in [6.45, 7) is 10.5. The zero-order valence-electron chi connectivity index (χ0n) is 9.95. The monoisotopic (exact) mass is 302 g/mol. The number of halogens is 1. The van der Waals surface area contributed by atoms with Gasteiger partial charge in [-0.25, -0.2) is 0 Å². The molecule has 0 bridgehead atoms. The third-order valence-corrected chi connectivity index (χ3v) is 4.82. The maximum absolute atomic E-state index is 3.51. The van der Waals surface area contributed by atoms with Crippen molar-refractivity contribution in [2.24, 2.45) is 0 Å². The van der Waals surface area contributed by atoms with Crippen LogP contribution in [0.15, 0.2) is 15.9 Å².